The molecule has 1 aromatic carbocycles. The highest BCUT2D eigenvalue weighted by Crippen LogP contribution is 2.30. The molecule has 5 rings (SSSR count). The molecule has 0 saturated carbocycles. The molecule has 142 valence electrons. The van der Waals surface area contributed by atoms with Gasteiger partial charge in [-0.05, 0) is 24.6 Å². The van der Waals surface area contributed by atoms with Gasteiger partial charge in [0.05, 0.1) is 42.4 Å². The van der Waals surface area contributed by atoms with Crippen molar-refractivity contribution in [1.29, 1.82) is 5.26 Å². The molecule has 7 nitrogen and oxygen atoms in total. The Bertz CT molecular complexity index is 1450. The van der Waals surface area contributed by atoms with E-state index in [2.05, 4.69) is 16.2 Å². The summed E-state index contributed by atoms with van der Waals surface area (Å²) in [7, 11) is 0. The summed E-state index contributed by atoms with van der Waals surface area (Å²) in [6.45, 7) is 2.27. The van der Waals surface area contributed by atoms with Gasteiger partial charge in [-0.25, -0.2) is 9.67 Å². The first-order chi connectivity index (χ1) is 14.1. The summed E-state index contributed by atoms with van der Waals surface area (Å²) in [6.07, 6.45) is 7.59. The monoisotopic (exact) mass is 401 g/mol. The lowest BCUT2D eigenvalue weighted by atomic mass is 10.1. The Balaban J connectivity index is 1.57. The summed E-state index contributed by atoms with van der Waals surface area (Å²) < 4.78 is 8.82. The van der Waals surface area contributed by atoms with Crippen LogP contribution in [0.1, 0.15) is 27.6 Å². The minimum absolute atomic E-state index is 0.132. The fraction of sp³-hybridized carbons (Fsp3) is 0.143. The fourth-order valence-electron chi connectivity index (χ4n) is 3.55. The molecule has 0 radical (unpaired) electrons. The van der Waals surface area contributed by atoms with Gasteiger partial charge < -0.3 is 8.82 Å². The number of fused-ring (bicyclic) bond motifs is 3. The molecule has 0 spiro atoms. The molecule has 4 aromatic heterocycles. The quantitative estimate of drug-likeness (QED) is 0.460. The number of hydrogen-bond acceptors (Lipinski definition) is 6. The van der Waals surface area contributed by atoms with Crippen molar-refractivity contribution in [2.45, 2.75) is 19.9 Å². The second-order valence-electron chi connectivity index (χ2n) is 6.77. The van der Waals surface area contributed by atoms with Crippen LogP contribution in [-0.2, 0) is 13.0 Å². The molecule has 0 aliphatic rings. The van der Waals surface area contributed by atoms with Crippen LogP contribution < -0.4 is 5.56 Å². The van der Waals surface area contributed by atoms with Gasteiger partial charge in [-0.3, -0.25) is 4.79 Å². The minimum Gasteiger partial charge on any atom is -0.449 e. The van der Waals surface area contributed by atoms with Crippen LogP contribution in [0.5, 0.6) is 0 Å². The molecule has 0 atom stereocenters. The lowest BCUT2D eigenvalue weighted by Gasteiger charge is -2.05. The van der Waals surface area contributed by atoms with Crippen LogP contribution in [0.4, 0.5) is 0 Å². The second-order valence-corrected chi connectivity index (χ2v) is 7.88. The summed E-state index contributed by atoms with van der Waals surface area (Å²) >= 11 is 1.61. The zero-order chi connectivity index (χ0) is 20.0. The Morgan fingerprint density at radius 3 is 3.03 bits per heavy atom. The summed E-state index contributed by atoms with van der Waals surface area (Å²) in [5.74, 6) is 0.663. The van der Waals surface area contributed by atoms with Crippen LogP contribution in [0.25, 0.3) is 15.6 Å². The van der Waals surface area contributed by atoms with E-state index in [-0.39, 0.29) is 5.56 Å². The third kappa shape index (κ3) is 2.92. The molecule has 8 heteroatoms. The average molecular weight is 401 g/mol. The topological polar surface area (TPSA) is 89.1 Å². The Kier molecular flexibility index (Phi) is 4.03. The third-order valence-corrected chi connectivity index (χ3v) is 6.04. The predicted molar refractivity (Wildman–Crippen MR) is 109 cm³/mol. The van der Waals surface area contributed by atoms with E-state index in [9.17, 15) is 4.79 Å². The standard InChI is InChI=1S/C21H15N5O2S/c1-13-19-17(21-25(13)12-16(29-21)8-18-23-5-6-28-18)10-24-26(20(19)27)11-15-4-2-3-14(7-15)9-22/h2-7,10,12H,8,11H2,1H3. The number of nitrogens with zero attached hydrogens (tertiary/aromatic N) is 5. The largest absolute Gasteiger partial charge is 0.449 e. The fourth-order valence-corrected chi connectivity index (χ4v) is 4.71. The maximum atomic E-state index is 13.1. The van der Waals surface area contributed by atoms with Crippen molar-refractivity contribution < 1.29 is 4.42 Å². The van der Waals surface area contributed by atoms with Crippen molar-refractivity contribution >= 4 is 26.9 Å². The summed E-state index contributed by atoms with van der Waals surface area (Å²) in [6, 6.07) is 9.34. The molecular weight excluding hydrogens is 386 g/mol. The van der Waals surface area contributed by atoms with E-state index < -0.39 is 0 Å². The maximum Gasteiger partial charge on any atom is 0.276 e. The highest BCUT2D eigenvalue weighted by Gasteiger charge is 2.17. The van der Waals surface area contributed by atoms with E-state index in [4.69, 9.17) is 9.68 Å². The van der Waals surface area contributed by atoms with Crippen LogP contribution >= 0.6 is 11.3 Å². The van der Waals surface area contributed by atoms with E-state index in [0.29, 0.717) is 29.8 Å². The molecule has 0 fully saturated rings. The number of aryl methyl sites for hydroxylation is 1. The highest BCUT2D eigenvalue weighted by molar-refractivity contribution is 7.18. The van der Waals surface area contributed by atoms with E-state index in [1.165, 1.54) is 4.68 Å². The van der Waals surface area contributed by atoms with Gasteiger partial charge in [-0.2, -0.15) is 10.4 Å². The molecule has 0 unspecified atom stereocenters. The van der Waals surface area contributed by atoms with Gasteiger partial charge in [0.2, 0.25) is 0 Å². The molecule has 0 saturated heterocycles. The molecule has 4 heterocycles. The first kappa shape index (κ1) is 17.4. The number of aromatic nitrogens is 4. The molecule has 0 aliphatic heterocycles. The van der Waals surface area contributed by atoms with Gasteiger partial charge in [0, 0.05) is 22.2 Å². The van der Waals surface area contributed by atoms with Crippen LogP contribution in [-0.4, -0.2) is 19.2 Å². The van der Waals surface area contributed by atoms with Crippen LogP contribution in [0.2, 0.25) is 0 Å². The van der Waals surface area contributed by atoms with E-state index in [1.807, 2.05) is 29.7 Å². The van der Waals surface area contributed by atoms with Gasteiger partial charge >= 0.3 is 0 Å². The van der Waals surface area contributed by atoms with E-state index in [0.717, 1.165) is 26.4 Å². The molecule has 29 heavy (non-hydrogen) atoms. The molecule has 0 bridgehead atoms. The Labute approximate surface area is 169 Å². The molecule has 5 aromatic rings. The molecular formula is C21H15N5O2S. The molecule has 0 amide bonds. The molecule has 0 aliphatic carbocycles. The lowest BCUT2D eigenvalue weighted by Crippen LogP contribution is -2.23. The zero-order valence-electron chi connectivity index (χ0n) is 15.5. The first-order valence-electron chi connectivity index (χ1n) is 9.00. The maximum absolute atomic E-state index is 13.1. The van der Waals surface area contributed by atoms with Crippen LogP contribution in [0.15, 0.2) is 58.3 Å². The first-order valence-corrected chi connectivity index (χ1v) is 9.82. The molecule has 0 N–H and O–H groups in total. The Hall–Kier alpha value is -3.70. The summed E-state index contributed by atoms with van der Waals surface area (Å²) in [5, 5.41) is 15.0. The Morgan fingerprint density at radius 1 is 1.34 bits per heavy atom. The number of oxazole rings is 1. The summed E-state index contributed by atoms with van der Waals surface area (Å²) in [4.78, 5) is 19.4. The number of nitriles is 1. The van der Waals surface area contributed by atoms with E-state index in [1.54, 1.807) is 42.1 Å². The normalized spacial score (nSPS) is 11.3. The van der Waals surface area contributed by atoms with Crippen molar-refractivity contribution in [3.8, 4) is 6.07 Å². The van der Waals surface area contributed by atoms with Gasteiger partial charge in [0.1, 0.15) is 11.1 Å². The minimum atomic E-state index is -0.132. The van der Waals surface area contributed by atoms with Crippen molar-refractivity contribution in [3.05, 3.63) is 87.1 Å². The van der Waals surface area contributed by atoms with Crippen molar-refractivity contribution in [3.63, 3.8) is 0 Å². The average Bonchev–Trinajstić information content (AvgIpc) is 3.44. The van der Waals surface area contributed by atoms with Crippen LogP contribution in [0.3, 0.4) is 0 Å². The SMILES string of the molecule is Cc1c2c(=O)n(Cc3cccc(C#N)c3)ncc2c2sc(Cc3ncco3)cn12. The smallest absolute Gasteiger partial charge is 0.276 e. The number of hydrogen-bond donors (Lipinski definition) is 0. The number of rotatable bonds is 4. The van der Waals surface area contributed by atoms with Crippen molar-refractivity contribution in [2.24, 2.45) is 0 Å². The van der Waals surface area contributed by atoms with Crippen LogP contribution in [0, 0.1) is 18.3 Å². The highest BCUT2D eigenvalue weighted by atomic mass is 32.1. The van der Waals surface area contributed by atoms with E-state index >= 15 is 0 Å². The van der Waals surface area contributed by atoms with Gasteiger partial charge in [-0.1, -0.05) is 12.1 Å². The lowest BCUT2D eigenvalue weighted by molar-refractivity contribution is 0.508. The Morgan fingerprint density at radius 2 is 2.24 bits per heavy atom. The van der Waals surface area contributed by atoms with Crippen molar-refractivity contribution in [2.75, 3.05) is 0 Å². The number of thiazole rings is 1. The van der Waals surface area contributed by atoms with Crippen molar-refractivity contribution in [1.82, 2.24) is 19.2 Å². The third-order valence-electron chi connectivity index (χ3n) is 4.91. The summed E-state index contributed by atoms with van der Waals surface area (Å²) in [5.41, 5.74) is 2.19. The van der Waals surface area contributed by atoms with Gasteiger partial charge in [0.15, 0.2) is 5.89 Å². The number of benzene rings is 1. The zero-order valence-corrected chi connectivity index (χ0v) is 16.3. The second kappa shape index (κ2) is 6.72. The predicted octanol–water partition coefficient (Wildman–Crippen LogP) is 3.52. The van der Waals surface area contributed by atoms with Gasteiger partial charge in [-0.15, -0.1) is 11.3 Å². The van der Waals surface area contributed by atoms with Gasteiger partial charge in [0.25, 0.3) is 5.56 Å².